The lowest BCUT2D eigenvalue weighted by Gasteiger charge is -2.14. The molecule has 0 fully saturated rings. The first kappa shape index (κ1) is 19.0. The van der Waals surface area contributed by atoms with Crippen LogP contribution in [0.4, 0.5) is 11.4 Å². The molecule has 0 saturated carbocycles. The summed E-state index contributed by atoms with van der Waals surface area (Å²) in [4.78, 5) is 0. The molecule has 0 heterocycles. The van der Waals surface area contributed by atoms with Crippen molar-refractivity contribution in [2.45, 2.75) is 0 Å². The molecule has 0 atom stereocenters. The van der Waals surface area contributed by atoms with Crippen molar-refractivity contribution in [2.75, 3.05) is 5.32 Å². The molecule has 30 heavy (non-hydrogen) atoms. The molecule has 0 aromatic heterocycles. The van der Waals surface area contributed by atoms with E-state index < -0.39 is 28.7 Å². The maximum Gasteiger partial charge on any atom is 0.208 e. The summed E-state index contributed by atoms with van der Waals surface area (Å²) in [6, 6.07) is 25.4. The van der Waals surface area contributed by atoms with Crippen LogP contribution in [-0.2, 0) is 0 Å². The Morgan fingerprint density at radius 3 is 1.23 bits per heavy atom. The van der Waals surface area contributed by atoms with Crippen LogP contribution in [-0.4, -0.2) is 25.5 Å². The molecule has 4 aromatic rings. The molecule has 0 bridgehead atoms. The predicted molar refractivity (Wildman–Crippen MR) is 115 cm³/mol. The van der Waals surface area contributed by atoms with Gasteiger partial charge in [0.1, 0.15) is 5.69 Å². The van der Waals surface area contributed by atoms with Crippen LogP contribution in [0, 0.1) is 0 Å². The van der Waals surface area contributed by atoms with Gasteiger partial charge < -0.3 is 30.8 Å². The van der Waals surface area contributed by atoms with Gasteiger partial charge in [-0.1, -0.05) is 66.7 Å². The highest BCUT2D eigenvalue weighted by atomic mass is 16.4. The zero-order valence-electron chi connectivity index (χ0n) is 15.7. The van der Waals surface area contributed by atoms with E-state index in [-0.39, 0.29) is 5.69 Å². The quantitative estimate of drug-likeness (QED) is 0.205. The van der Waals surface area contributed by atoms with Crippen LogP contribution in [0.5, 0.6) is 28.7 Å². The number of anilines is 2. The van der Waals surface area contributed by atoms with Gasteiger partial charge in [-0.2, -0.15) is 0 Å². The van der Waals surface area contributed by atoms with Crippen molar-refractivity contribution >= 4 is 11.4 Å². The Hall–Kier alpha value is -4.32. The van der Waals surface area contributed by atoms with Crippen molar-refractivity contribution in [2.24, 2.45) is 0 Å². The third-order valence-electron chi connectivity index (χ3n) is 4.85. The van der Waals surface area contributed by atoms with Gasteiger partial charge in [-0.3, -0.25) is 0 Å². The Balaban J connectivity index is 1.57. The summed E-state index contributed by atoms with van der Waals surface area (Å²) < 4.78 is 0. The topological polar surface area (TPSA) is 113 Å². The largest absolute Gasteiger partial charge is 0.503 e. The van der Waals surface area contributed by atoms with Gasteiger partial charge >= 0.3 is 0 Å². The summed E-state index contributed by atoms with van der Waals surface area (Å²) in [5, 5.41) is 51.4. The zero-order valence-corrected chi connectivity index (χ0v) is 15.7. The molecule has 4 aromatic carbocycles. The van der Waals surface area contributed by atoms with Crippen LogP contribution in [0.2, 0.25) is 0 Å². The molecule has 0 spiro atoms. The highest BCUT2D eigenvalue weighted by Crippen LogP contribution is 2.54. The lowest BCUT2D eigenvalue weighted by molar-refractivity contribution is 0.330. The Labute approximate surface area is 172 Å². The molecule has 0 amide bonds. The number of phenols is 5. The van der Waals surface area contributed by atoms with E-state index in [1.54, 1.807) is 12.1 Å². The van der Waals surface area contributed by atoms with Crippen molar-refractivity contribution in [3.05, 3.63) is 78.9 Å². The van der Waals surface area contributed by atoms with E-state index >= 15 is 0 Å². The van der Waals surface area contributed by atoms with Crippen LogP contribution in [0.25, 0.3) is 22.3 Å². The van der Waals surface area contributed by atoms with Crippen molar-refractivity contribution in [1.82, 2.24) is 0 Å². The van der Waals surface area contributed by atoms with E-state index in [1.807, 2.05) is 42.5 Å². The highest BCUT2D eigenvalue weighted by Gasteiger charge is 2.23. The average molecular weight is 401 g/mol. The van der Waals surface area contributed by atoms with Crippen molar-refractivity contribution in [1.29, 1.82) is 0 Å². The summed E-state index contributed by atoms with van der Waals surface area (Å²) in [5.74, 6) is -4.40. The Morgan fingerprint density at radius 1 is 0.400 bits per heavy atom. The minimum Gasteiger partial charge on any atom is -0.503 e. The molecule has 6 nitrogen and oxygen atoms in total. The second kappa shape index (κ2) is 7.60. The molecule has 4 rings (SSSR count). The van der Waals surface area contributed by atoms with E-state index in [1.165, 1.54) is 0 Å². The predicted octanol–water partition coefficient (Wildman–Crippen LogP) is 5.29. The minimum absolute atomic E-state index is 0.317. The standard InChI is InChI=1S/C24H19NO5/c26-20-19(21(27)23(29)24(30)22(20)28)25-18-12-10-17(11-13-18)16-8-6-15(7-9-16)14-4-2-1-3-5-14/h1-13,25-30H. The van der Waals surface area contributed by atoms with Gasteiger partial charge in [0.25, 0.3) is 0 Å². The first-order chi connectivity index (χ1) is 14.5. The van der Waals surface area contributed by atoms with Gasteiger partial charge in [-0.15, -0.1) is 0 Å². The van der Waals surface area contributed by atoms with E-state index in [2.05, 4.69) is 29.6 Å². The fraction of sp³-hybridized carbons (Fsp3) is 0. The average Bonchev–Trinajstić information content (AvgIpc) is 2.80. The maximum absolute atomic E-state index is 9.95. The van der Waals surface area contributed by atoms with Crippen molar-refractivity contribution in [3.8, 4) is 51.0 Å². The van der Waals surface area contributed by atoms with E-state index in [0.717, 1.165) is 22.3 Å². The number of hydrogen-bond donors (Lipinski definition) is 6. The van der Waals surface area contributed by atoms with Crippen LogP contribution in [0.3, 0.4) is 0 Å². The van der Waals surface area contributed by atoms with Gasteiger partial charge in [0.2, 0.25) is 17.2 Å². The SMILES string of the molecule is Oc1c(O)c(O)c(Nc2ccc(-c3ccc(-c4ccccc4)cc3)cc2)c(O)c1O. The first-order valence-corrected chi connectivity index (χ1v) is 9.17. The zero-order chi connectivity index (χ0) is 21.3. The first-order valence-electron chi connectivity index (χ1n) is 9.17. The van der Waals surface area contributed by atoms with Gasteiger partial charge in [0, 0.05) is 5.69 Å². The number of nitrogens with one attached hydrogen (secondary N) is 1. The third-order valence-corrected chi connectivity index (χ3v) is 4.85. The molecular weight excluding hydrogens is 382 g/mol. The maximum atomic E-state index is 9.95. The normalized spacial score (nSPS) is 10.7. The summed E-state index contributed by atoms with van der Waals surface area (Å²) >= 11 is 0. The lowest BCUT2D eigenvalue weighted by atomic mass is 10.0. The monoisotopic (exact) mass is 401 g/mol. The van der Waals surface area contributed by atoms with Crippen LogP contribution >= 0.6 is 0 Å². The Kier molecular flexibility index (Phi) is 4.82. The number of rotatable bonds is 4. The Morgan fingerprint density at radius 2 is 0.767 bits per heavy atom. The molecule has 0 saturated heterocycles. The molecule has 0 unspecified atom stereocenters. The lowest BCUT2D eigenvalue weighted by Crippen LogP contribution is -1.93. The van der Waals surface area contributed by atoms with E-state index in [9.17, 15) is 25.5 Å². The third kappa shape index (κ3) is 3.42. The second-order valence-electron chi connectivity index (χ2n) is 6.76. The van der Waals surface area contributed by atoms with Gasteiger partial charge in [0.15, 0.2) is 11.5 Å². The second-order valence-corrected chi connectivity index (χ2v) is 6.76. The summed E-state index contributed by atoms with van der Waals surface area (Å²) in [5.41, 5.74) is 4.42. The van der Waals surface area contributed by atoms with E-state index in [0.29, 0.717) is 5.69 Å². The Bertz CT molecular complexity index is 1160. The van der Waals surface area contributed by atoms with Gasteiger partial charge in [-0.05, 0) is 34.4 Å². The van der Waals surface area contributed by atoms with Crippen LogP contribution in [0.15, 0.2) is 78.9 Å². The van der Waals surface area contributed by atoms with Gasteiger partial charge in [0.05, 0.1) is 0 Å². The van der Waals surface area contributed by atoms with Crippen molar-refractivity contribution < 1.29 is 25.5 Å². The molecule has 0 aliphatic heterocycles. The number of aromatic hydroxyl groups is 5. The minimum atomic E-state index is -0.996. The number of benzene rings is 4. The number of hydrogen-bond acceptors (Lipinski definition) is 6. The smallest absolute Gasteiger partial charge is 0.208 e. The van der Waals surface area contributed by atoms with Crippen LogP contribution < -0.4 is 5.32 Å². The summed E-state index contributed by atoms with van der Waals surface area (Å²) in [7, 11) is 0. The molecule has 0 aliphatic rings. The van der Waals surface area contributed by atoms with Gasteiger partial charge in [-0.25, -0.2) is 0 Å². The fourth-order valence-corrected chi connectivity index (χ4v) is 3.18. The summed E-state index contributed by atoms with van der Waals surface area (Å²) in [6.07, 6.45) is 0. The van der Waals surface area contributed by atoms with Crippen LogP contribution in [0.1, 0.15) is 0 Å². The molecular formula is C24H19NO5. The highest BCUT2D eigenvalue weighted by molar-refractivity contribution is 5.83. The summed E-state index contributed by atoms with van der Waals surface area (Å²) in [6.45, 7) is 0. The number of phenolic OH excluding ortho intramolecular Hbond substituents is 5. The molecule has 0 aliphatic carbocycles. The molecule has 6 heteroatoms. The molecule has 150 valence electrons. The van der Waals surface area contributed by atoms with E-state index in [4.69, 9.17) is 0 Å². The molecule has 6 N–H and O–H groups in total. The molecule has 0 radical (unpaired) electrons. The van der Waals surface area contributed by atoms with Crippen molar-refractivity contribution in [3.63, 3.8) is 0 Å². The fourth-order valence-electron chi connectivity index (χ4n) is 3.18.